The monoisotopic (exact) mass is 356 g/mol. The lowest BCUT2D eigenvalue weighted by molar-refractivity contribution is 0.0689. The molecule has 0 aliphatic rings. The van der Waals surface area contributed by atoms with E-state index in [1.807, 2.05) is 24.3 Å². The van der Waals surface area contributed by atoms with E-state index in [4.69, 9.17) is 5.11 Å². The molecule has 0 bridgehead atoms. The molecule has 1 aromatic heterocycles. The van der Waals surface area contributed by atoms with Crippen LogP contribution in [0.5, 0.6) is 0 Å². The highest BCUT2D eigenvalue weighted by Gasteiger charge is 2.13. The molecule has 0 radical (unpaired) electrons. The normalized spacial score (nSPS) is 10.2. The second-order valence-corrected chi connectivity index (χ2v) is 4.98. The Morgan fingerprint density at radius 1 is 1.29 bits per heavy atom. The summed E-state index contributed by atoms with van der Waals surface area (Å²) in [6, 6.07) is 7.36. The third kappa shape index (κ3) is 2.70. The van der Waals surface area contributed by atoms with Crippen molar-refractivity contribution in [2.24, 2.45) is 0 Å². The zero-order chi connectivity index (χ0) is 12.4. The predicted molar refractivity (Wildman–Crippen MR) is 69.8 cm³/mol. The zero-order valence-electron chi connectivity index (χ0n) is 8.39. The third-order valence-corrected chi connectivity index (χ3v) is 3.10. The van der Waals surface area contributed by atoms with Gasteiger partial charge in [0.05, 0.1) is 4.47 Å². The number of hydrogen-bond donors (Lipinski definition) is 1. The van der Waals surface area contributed by atoms with Crippen LogP contribution in [0.15, 0.2) is 39.4 Å². The van der Waals surface area contributed by atoms with Crippen LogP contribution < -0.4 is 0 Å². The van der Waals surface area contributed by atoms with Crippen LogP contribution in [0, 0.1) is 0 Å². The minimum atomic E-state index is -1.09. The molecule has 2 rings (SSSR count). The average molecular weight is 358 g/mol. The molecule has 1 aromatic carbocycles. The Morgan fingerprint density at radius 2 is 2.06 bits per heavy atom. The molecule has 1 N–H and O–H groups in total. The van der Waals surface area contributed by atoms with Gasteiger partial charge in [-0.15, -0.1) is 0 Å². The quantitative estimate of drug-likeness (QED) is 0.894. The molecule has 0 aliphatic heterocycles. The maximum atomic E-state index is 10.9. The molecule has 0 fully saturated rings. The highest BCUT2D eigenvalue weighted by atomic mass is 79.9. The Hall–Kier alpha value is -1.27. The van der Waals surface area contributed by atoms with E-state index in [-0.39, 0.29) is 5.69 Å². The van der Waals surface area contributed by atoms with Gasteiger partial charge in [0.2, 0.25) is 0 Å². The summed E-state index contributed by atoms with van der Waals surface area (Å²) < 4.78 is 1.25. The van der Waals surface area contributed by atoms with E-state index in [2.05, 4.69) is 41.8 Å². The van der Waals surface area contributed by atoms with Crippen molar-refractivity contribution in [1.82, 2.24) is 9.97 Å². The standard InChI is InChI=1S/C11H6Br2N2O2/c12-7-3-1-2-6(4-7)10-14-5-8(13)9(15-10)11(16)17/h1-5H,(H,16,17). The van der Waals surface area contributed by atoms with Gasteiger partial charge in [0.15, 0.2) is 11.5 Å². The van der Waals surface area contributed by atoms with Crippen molar-refractivity contribution >= 4 is 37.8 Å². The number of carbonyl (C=O) groups is 1. The fourth-order valence-corrected chi connectivity index (χ4v) is 2.04. The van der Waals surface area contributed by atoms with Gasteiger partial charge >= 0.3 is 5.97 Å². The second kappa shape index (κ2) is 4.93. The molecule has 2 aromatic rings. The van der Waals surface area contributed by atoms with Gasteiger partial charge < -0.3 is 5.11 Å². The molecule has 6 heteroatoms. The number of halogens is 2. The maximum absolute atomic E-state index is 10.9. The highest BCUT2D eigenvalue weighted by molar-refractivity contribution is 9.10. The van der Waals surface area contributed by atoms with Crippen molar-refractivity contribution in [1.29, 1.82) is 0 Å². The van der Waals surface area contributed by atoms with Crippen LogP contribution in [0.1, 0.15) is 10.5 Å². The summed E-state index contributed by atoms with van der Waals surface area (Å²) in [5, 5.41) is 8.96. The number of carboxylic acids is 1. The summed E-state index contributed by atoms with van der Waals surface area (Å²) >= 11 is 6.44. The number of aromatic carboxylic acids is 1. The van der Waals surface area contributed by atoms with E-state index in [0.717, 1.165) is 10.0 Å². The lowest BCUT2D eigenvalue weighted by atomic mass is 10.2. The van der Waals surface area contributed by atoms with Crippen LogP contribution in [0.2, 0.25) is 0 Å². The summed E-state index contributed by atoms with van der Waals surface area (Å²) in [5.41, 5.74) is 0.712. The van der Waals surface area contributed by atoms with E-state index >= 15 is 0 Å². The van der Waals surface area contributed by atoms with Crippen molar-refractivity contribution < 1.29 is 9.90 Å². The van der Waals surface area contributed by atoms with Crippen molar-refractivity contribution in [3.05, 3.63) is 45.1 Å². The molecule has 86 valence electrons. The van der Waals surface area contributed by atoms with Gasteiger partial charge in [-0.3, -0.25) is 0 Å². The van der Waals surface area contributed by atoms with Gasteiger partial charge in [-0.2, -0.15) is 0 Å². The zero-order valence-corrected chi connectivity index (χ0v) is 11.6. The smallest absolute Gasteiger partial charge is 0.355 e. The van der Waals surface area contributed by atoms with Gasteiger partial charge in [-0.05, 0) is 28.1 Å². The lowest BCUT2D eigenvalue weighted by Gasteiger charge is -2.03. The van der Waals surface area contributed by atoms with Crippen molar-refractivity contribution in [2.75, 3.05) is 0 Å². The number of nitrogens with zero attached hydrogens (tertiary/aromatic N) is 2. The van der Waals surface area contributed by atoms with E-state index in [9.17, 15) is 4.79 Å². The largest absolute Gasteiger partial charge is 0.476 e. The molecular formula is C11H6Br2N2O2. The molecule has 0 spiro atoms. The minimum absolute atomic E-state index is 0.0463. The van der Waals surface area contributed by atoms with Crippen molar-refractivity contribution in [2.45, 2.75) is 0 Å². The molecule has 0 aliphatic carbocycles. The van der Waals surface area contributed by atoms with Crippen LogP contribution in [0.3, 0.4) is 0 Å². The Kier molecular flexibility index (Phi) is 3.54. The van der Waals surface area contributed by atoms with Crippen LogP contribution in [0.4, 0.5) is 0 Å². The SMILES string of the molecule is O=C(O)c1nc(-c2cccc(Br)c2)ncc1Br. The molecular weight excluding hydrogens is 352 g/mol. The molecule has 0 atom stereocenters. The van der Waals surface area contributed by atoms with Crippen LogP contribution in [-0.4, -0.2) is 21.0 Å². The molecule has 0 amide bonds. The summed E-state index contributed by atoms with van der Waals surface area (Å²) in [7, 11) is 0. The summed E-state index contributed by atoms with van der Waals surface area (Å²) in [6.45, 7) is 0. The first-order valence-electron chi connectivity index (χ1n) is 4.59. The van der Waals surface area contributed by atoms with Gasteiger partial charge in [0.25, 0.3) is 0 Å². The summed E-state index contributed by atoms with van der Waals surface area (Å²) in [5.74, 6) is -0.706. The fraction of sp³-hybridized carbons (Fsp3) is 0. The Balaban J connectivity index is 2.54. The first kappa shape index (κ1) is 12.2. The number of benzene rings is 1. The molecule has 1 heterocycles. The topological polar surface area (TPSA) is 63.1 Å². The first-order valence-corrected chi connectivity index (χ1v) is 6.18. The predicted octanol–water partition coefficient (Wildman–Crippen LogP) is 3.37. The Morgan fingerprint density at radius 3 is 2.71 bits per heavy atom. The summed E-state index contributed by atoms with van der Waals surface area (Å²) in [6.07, 6.45) is 1.44. The van der Waals surface area contributed by atoms with Crippen LogP contribution in [-0.2, 0) is 0 Å². The fourth-order valence-electron chi connectivity index (χ4n) is 1.28. The van der Waals surface area contributed by atoms with E-state index < -0.39 is 5.97 Å². The Bertz CT molecular complexity index is 587. The molecule has 0 saturated heterocycles. The first-order chi connectivity index (χ1) is 8.08. The highest BCUT2D eigenvalue weighted by Crippen LogP contribution is 2.22. The number of hydrogen-bond acceptors (Lipinski definition) is 3. The molecule has 17 heavy (non-hydrogen) atoms. The van der Waals surface area contributed by atoms with E-state index in [0.29, 0.717) is 10.3 Å². The molecule has 0 unspecified atom stereocenters. The summed E-state index contributed by atoms with van der Waals surface area (Å²) in [4.78, 5) is 19.0. The van der Waals surface area contributed by atoms with Crippen LogP contribution >= 0.6 is 31.9 Å². The van der Waals surface area contributed by atoms with Gasteiger partial charge in [0, 0.05) is 16.2 Å². The average Bonchev–Trinajstić information content (AvgIpc) is 2.29. The van der Waals surface area contributed by atoms with Gasteiger partial charge in [-0.1, -0.05) is 28.1 Å². The van der Waals surface area contributed by atoms with Crippen molar-refractivity contribution in [3.63, 3.8) is 0 Å². The number of aromatic nitrogens is 2. The lowest BCUT2D eigenvalue weighted by Crippen LogP contribution is -2.04. The number of rotatable bonds is 2. The van der Waals surface area contributed by atoms with Gasteiger partial charge in [0.1, 0.15) is 0 Å². The van der Waals surface area contributed by atoms with E-state index in [1.54, 1.807) is 0 Å². The number of carboxylic acid groups (broad SMARTS) is 1. The van der Waals surface area contributed by atoms with Crippen molar-refractivity contribution in [3.8, 4) is 11.4 Å². The van der Waals surface area contributed by atoms with E-state index in [1.165, 1.54) is 6.20 Å². The molecule has 4 nitrogen and oxygen atoms in total. The third-order valence-electron chi connectivity index (χ3n) is 2.03. The second-order valence-electron chi connectivity index (χ2n) is 3.21. The van der Waals surface area contributed by atoms with Gasteiger partial charge in [-0.25, -0.2) is 14.8 Å². The minimum Gasteiger partial charge on any atom is -0.476 e. The Labute approximate surface area is 114 Å². The maximum Gasteiger partial charge on any atom is 0.355 e. The van der Waals surface area contributed by atoms with Crippen LogP contribution in [0.25, 0.3) is 11.4 Å². The molecule has 0 saturated carbocycles.